The van der Waals surface area contributed by atoms with Crippen molar-refractivity contribution in [3.05, 3.63) is 53.3 Å². The first-order valence-corrected chi connectivity index (χ1v) is 9.89. The topological polar surface area (TPSA) is 82.8 Å². The quantitative estimate of drug-likeness (QED) is 0.855. The van der Waals surface area contributed by atoms with Gasteiger partial charge in [-0.3, -0.25) is 4.90 Å². The highest BCUT2D eigenvalue weighted by atomic mass is 32.2. The molecule has 8 heteroatoms. The Kier molecular flexibility index (Phi) is 5.17. The maximum absolute atomic E-state index is 12.8. The Labute approximate surface area is 153 Å². The lowest BCUT2D eigenvalue weighted by Gasteiger charge is -2.33. The van der Waals surface area contributed by atoms with Crippen molar-refractivity contribution in [1.29, 1.82) is 0 Å². The number of aryl methyl sites for hydroxylation is 2. The van der Waals surface area contributed by atoms with E-state index in [1.807, 2.05) is 6.07 Å². The first kappa shape index (κ1) is 18.6. The van der Waals surface area contributed by atoms with Gasteiger partial charge in [-0.15, -0.1) is 0 Å². The van der Waals surface area contributed by atoms with Crippen LogP contribution >= 0.6 is 0 Å². The summed E-state index contributed by atoms with van der Waals surface area (Å²) in [5, 5.41) is 9.11. The number of hydrogen-bond donors (Lipinski definition) is 1. The summed E-state index contributed by atoms with van der Waals surface area (Å²) in [6.07, 6.45) is 1.36. The molecule has 1 aromatic heterocycles. The molecule has 0 radical (unpaired) electrons. The van der Waals surface area contributed by atoms with Gasteiger partial charge in [-0.1, -0.05) is 29.8 Å². The van der Waals surface area contributed by atoms with Crippen LogP contribution in [0.2, 0.25) is 0 Å². The van der Waals surface area contributed by atoms with Crippen LogP contribution in [-0.4, -0.2) is 59.4 Å². The van der Waals surface area contributed by atoms with E-state index in [-0.39, 0.29) is 10.6 Å². The molecule has 7 nitrogen and oxygen atoms in total. The number of piperazine rings is 1. The Morgan fingerprint density at radius 1 is 1.15 bits per heavy atom. The Hall–Kier alpha value is -2.16. The number of benzene rings is 1. The van der Waals surface area contributed by atoms with Crippen molar-refractivity contribution in [2.45, 2.75) is 18.4 Å². The van der Waals surface area contributed by atoms with Crippen molar-refractivity contribution >= 4 is 16.0 Å². The zero-order valence-electron chi connectivity index (χ0n) is 14.9. The molecule has 1 fully saturated rings. The van der Waals surface area contributed by atoms with Gasteiger partial charge in [0.05, 0.1) is 0 Å². The molecule has 1 N–H and O–H groups in total. The molecule has 1 aromatic carbocycles. The highest BCUT2D eigenvalue weighted by Crippen LogP contribution is 2.21. The third-order valence-electron chi connectivity index (χ3n) is 4.66. The monoisotopic (exact) mass is 377 g/mol. The average Bonchev–Trinajstić information content (AvgIpc) is 2.98. The lowest BCUT2D eigenvalue weighted by molar-refractivity contribution is 0.0686. The van der Waals surface area contributed by atoms with Crippen LogP contribution in [0.3, 0.4) is 0 Å². The predicted molar refractivity (Wildman–Crippen MR) is 97.6 cm³/mol. The molecule has 0 saturated carbocycles. The first-order chi connectivity index (χ1) is 12.3. The van der Waals surface area contributed by atoms with Crippen LogP contribution in [0.5, 0.6) is 0 Å². The van der Waals surface area contributed by atoms with Crippen LogP contribution in [0.15, 0.2) is 41.4 Å². The van der Waals surface area contributed by atoms with Crippen molar-refractivity contribution in [3.8, 4) is 0 Å². The number of hydrogen-bond acceptors (Lipinski definition) is 4. The zero-order chi connectivity index (χ0) is 18.9. The summed E-state index contributed by atoms with van der Waals surface area (Å²) in [6.45, 7) is 4.93. The molecule has 3 rings (SSSR count). The van der Waals surface area contributed by atoms with Gasteiger partial charge >= 0.3 is 5.97 Å². The fourth-order valence-corrected chi connectivity index (χ4v) is 4.73. The number of rotatable bonds is 5. The second kappa shape index (κ2) is 7.22. The number of aromatic nitrogens is 1. The Morgan fingerprint density at radius 2 is 1.85 bits per heavy atom. The highest BCUT2D eigenvalue weighted by molar-refractivity contribution is 7.89. The molecule has 140 valence electrons. The maximum Gasteiger partial charge on any atom is 0.352 e. The fourth-order valence-electron chi connectivity index (χ4n) is 3.23. The summed E-state index contributed by atoms with van der Waals surface area (Å²) in [6, 6.07) is 9.52. The van der Waals surface area contributed by atoms with Crippen LogP contribution in [0.4, 0.5) is 0 Å². The van der Waals surface area contributed by atoms with Crippen molar-refractivity contribution in [2.75, 3.05) is 26.2 Å². The summed E-state index contributed by atoms with van der Waals surface area (Å²) in [5.74, 6) is -1.14. The molecule has 0 bridgehead atoms. The third-order valence-corrected chi connectivity index (χ3v) is 6.52. The van der Waals surface area contributed by atoms with Crippen LogP contribution in [-0.2, 0) is 23.6 Å². The molecule has 1 aliphatic rings. The van der Waals surface area contributed by atoms with E-state index in [0.29, 0.717) is 26.2 Å². The van der Waals surface area contributed by atoms with Crippen molar-refractivity contribution in [3.63, 3.8) is 0 Å². The van der Waals surface area contributed by atoms with E-state index in [1.54, 1.807) is 0 Å². The summed E-state index contributed by atoms with van der Waals surface area (Å²) >= 11 is 0. The SMILES string of the molecule is Cc1cccc(CN2CCN(S(=O)(=O)c3cc(C(=O)O)n(C)c3)CC2)c1. The van der Waals surface area contributed by atoms with Gasteiger partial charge in [-0.05, 0) is 18.6 Å². The van der Waals surface area contributed by atoms with Crippen molar-refractivity contribution < 1.29 is 18.3 Å². The molecular formula is C18H23N3O4S. The lowest BCUT2D eigenvalue weighted by Crippen LogP contribution is -2.48. The molecule has 0 unspecified atom stereocenters. The van der Waals surface area contributed by atoms with Crippen molar-refractivity contribution in [2.24, 2.45) is 7.05 Å². The Morgan fingerprint density at radius 3 is 2.42 bits per heavy atom. The fraction of sp³-hybridized carbons (Fsp3) is 0.389. The number of nitrogens with zero attached hydrogens (tertiary/aromatic N) is 3. The van der Waals surface area contributed by atoms with E-state index >= 15 is 0 Å². The van der Waals surface area contributed by atoms with E-state index in [1.165, 1.54) is 39.3 Å². The second-order valence-electron chi connectivity index (χ2n) is 6.65. The average molecular weight is 377 g/mol. The zero-order valence-corrected chi connectivity index (χ0v) is 15.7. The standard InChI is InChI=1S/C18H23N3O4S/c1-14-4-3-5-15(10-14)12-20-6-8-21(9-7-20)26(24,25)16-11-17(18(22)23)19(2)13-16/h3-5,10-11,13H,6-9,12H2,1-2H3,(H,22,23). The molecule has 1 aliphatic heterocycles. The van der Waals surface area contributed by atoms with Gasteiger partial charge in [0.25, 0.3) is 0 Å². The van der Waals surface area contributed by atoms with E-state index in [2.05, 4.69) is 30.0 Å². The van der Waals surface area contributed by atoms with E-state index in [0.717, 1.165) is 6.54 Å². The van der Waals surface area contributed by atoms with Gasteiger partial charge in [0.1, 0.15) is 10.6 Å². The van der Waals surface area contributed by atoms with E-state index < -0.39 is 16.0 Å². The van der Waals surface area contributed by atoms with Gasteiger partial charge in [0.2, 0.25) is 10.0 Å². The largest absolute Gasteiger partial charge is 0.477 e. The molecule has 0 spiro atoms. The Balaban J connectivity index is 1.67. The minimum absolute atomic E-state index is 0.0320. The van der Waals surface area contributed by atoms with E-state index in [4.69, 9.17) is 5.11 Å². The smallest absolute Gasteiger partial charge is 0.352 e. The van der Waals surface area contributed by atoms with Crippen LogP contribution in [0.25, 0.3) is 0 Å². The summed E-state index contributed by atoms with van der Waals surface area (Å²) in [5.41, 5.74) is 2.39. The number of carboxylic acid groups (broad SMARTS) is 1. The molecule has 0 amide bonds. The lowest BCUT2D eigenvalue weighted by atomic mass is 10.1. The van der Waals surface area contributed by atoms with Gasteiger partial charge in [-0.25, -0.2) is 13.2 Å². The van der Waals surface area contributed by atoms with E-state index in [9.17, 15) is 13.2 Å². The van der Waals surface area contributed by atoms with Gasteiger partial charge < -0.3 is 9.67 Å². The molecule has 0 atom stereocenters. The number of aromatic carboxylic acids is 1. The van der Waals surface area contributed by atoms with Gasteiger partial charge in [0, 0.05) is 46.0 Å². The molecule has 2 heterocycles. The molecule has 0 aliphatic carbocycles. The second-order valence-corrected chi connectivity index (χ2v) is 8.58. The minimum Gasteiger partial charge on any atom is -0.477 e. The first-order valence-electron chi connectivity index (χ1n) is 8.45. The molecule has 2 aromatic rings. The number of sulfonamides is 1. The predicted octanol–water partition coefficient (Wildman–Crippen LogP) is 1.54. The molecule has 26 heavy (non-hydrogen) atoms. The summed E-state index contributed by atoms with van der Waals surface area (Å²) < 4.78 is 28.3. The number of carbonyl (C=O) groups is 1. The number of carboxylic acids is 1. The molecular weight excluding hydrogens is 354 g/mol. The minimum atomic E-state index is -3.68. The van der Waals surface area contributed by atoms with Gasteiger partial charge in [0.15, 0.2) is 0 Å². The third kappa shape index (κ3) is 3.82. The highest BCUT2D eigenvalue weighted by Gasteiger charge is 2.30. The van der Waals surface area contributed by atoms with Crippen LogP contribution in [0.1, 0.15) is 21.6 Å². The summed E-state index contributed by atoms with van der Waals surface area (Å²) in [4.78, 5) is 13.4. The van der Waals surface area contributed by atoms with Crippen LogP contribution in [0, 0.1) is 6.92 Å². The molecule has 1 saturated heterocycles. The summed E-state index contributed by atoms with van der Waals surface area (Å²) in [7, 11) is -2.15. The normalized spacial score (nSPS) is 16.7. The van der Waals surface area contributed by atoms with Crippen LogP contribution < -0.4 is 0 Å². The van der Waals surface area contributed by atoms with Crippen molar-refractivity contribution in [1.82, 2.24) is 13.8 Å². The Bertz CT molecular complexity index is 912. The van der Waals surface area contributed by atoms with Gasteiger partial charge in [-0.2, -0.15) is 4.31 Å². The maximum atomic E-state index is 12.8.